The third-order valence-electron chi connectivity index (χ3n) is 9.38. The molecule has 2 N–H and O–H groups in total. The Morgan fingerprint density at radius 1 is 1.00 bits per heavy atom. The fourth-order valence-electron chi connectivity index (χ4n) is 6.89. The molecule has 46 heavy (non-hydrogen) atoms. The SMILES string of the molecule is COCCn1cccc(N2C(=O)C(NC(=O)NC3CCc4cc(OC)ccc4C3(C)C)[C@H](c3c(F)cc(OC)cc3F)[C@@H]2C)c1=O. The maximum absolute atomic E-state index is 15.6. The number of benzene rings is 2. The first-order valence-corrected chi connectivity index (χ1v) is 15.2. The van der Waals surface area contributed by atoms with Gasteiger partial charge in [-0.3, -0.25) is 9.59 Å². The predicted octanol–water partition coefficient (Wildman–Crippen LogP) is 4.27. The first kappa shape index (κ1) is 32.9. The summed E-state index contributed by atoms with van der Waals surface area (Å²) in [5.74, 6) is -2.97. The van der Waals surface area contributed by atoms with Gasteiger partial charge in [0, 0.05) is 61.0 Å². The number of hydrogen-bond donors (Lipinski definition) is 2. The fourth-order valence-corrected chi connectivity index (χ4v) is 6.89. The van der Waals surface area contributed by atoms with E-state index >= 15 is 8.78 Å². The van der Waals surface area contributed by atoms with E-state index in [2.05, 4.69) is 10.6 Å². The van der Waals surface area contributed by atoms with Gasteiger partial charge in [-0.05, 0) is 55.2 Å². The molecule has 0 spiro atoms. The lowest BCUT2D eigenvalue weighted by Gasteiger charge is -2.41. The van der Waals surface area contributed by atoms with Crippen LogP contribution < -0.4 is 30.6 Å². The van der Waals surface area contributed by atoms with Gasteiger partial charge >= 0.3 is 6.03 Å². The lowest BCUT2D eigenvalue weighted by molar-refractivity contribution is -0.118. The van der Waals surface area contributed by atoms with Crippen molar-refractivity contribution in [2.75, 3.05) is 32.8 Å². The van der Waals surface area contributed by atoms with Gasteiger partial charge in [0.1, 0.15) is 34.9 Å². The molecule has 10 nitrogen and oxygen atoms in total. The molecular formula is C34H40F2N4O6. The van der Waals surface area contributed by atoms with Crippen molar-refractivity contribution >= 4 is 17.6 Å². The van der Waals surface area contributed by atoms with Crippen molar-refractivity contribution < 1.29 is 32.6 Å². The van der Waals surface area contributed by atoms with E-state index in [0.717, 1.165) is 29.0 Å². The number of amides is 3. The zero-order valence-electron chi connectivity index (χ0n) is 26.9. The number of carbonyl (C=O) groups is 2. The zero-order valence-corrected chi connectivity index (χ0v) is 26.9. The maximum Gasteiger partial charge on any atom is 0.315 e. The Labute approximate surface area is 266 Å². The number of halogens is 2. The smallest absolute Gasteiger partial charge is 0.315 e. The van der Waals surface area contributed by atoms with Crippen LogP contribution in [0, 0.1) is 11.6 Å². The monoisotopic (exact) mass is 638 g/mol. The zero-order chi connectivity index (χ0) is 33.3. The average Bonchev–Trinajstić information content (AvgIpc) is 3.25. The largest absolute Gasteiger partial charge is 0.497 e. The summed E-state index contributed by atoms with van der Waals surface area (Å²) < 4.78 is 48.1. The molecular weight excluding hydrogens is 598 g/mol. The van der Waals surface area contributed by atoms with E-state index in [4.69, 9.17) is 14.2 Å². The predicted molar refractivity (Wildman–Crippen MR) is 169 cm³/mol. The highest BCUT2D eigenvalue weighted by Crippen LogP contribution is 2.41. The molecule has 5 rings (SSSR count). The van der Waals surface area contributed by atoms with Gasteiger partial charge in [0.25, 0.3) is 11.5 Å². The van der Waals surface area contributed by atoms with Crippen LogP contribution in [0.15, 0.2) is 53.5 Å². The van der Waals surface area contributed by atoms with Crippen molar-refractivity contribution in [1.29, 1.82) is 0 Å². The molecule has 0 bridgehead atoms. The van der Waals surface area contributed by atoms with E-state index in [9.17, 15) is 14.4 Å². The van der Waals surface area contributed by atoms with Gasteiger partial charge in [-0.15, -0.1) is 0 Å². The lowest BCUT2D eigenvalue weighted by Crippen LogP contribution is -2.56. The van der Waals surface area contributed by atoms with Crippen molar-refractivity contribution in [2.24, 2.45) is 0 Å². The number of hydrogen-bond acceptors (Lipinski definition) is 6. The molecule has 1 aliphatic heterocycles. The number of aromatic nitrogens is 1. The molecule has 1 fully saturated rings. The first-order valence-electron chi connectivity index (χ1n) is 15.2. The molecule has 3 amide bonds. The number of fused-ring (bicyclic) bond motifs is 1. The molecule has 2 aliphatic rings. The number of urea groups is 1. The number of ether oxygens (including phenoxy) is 3. The molecule has 12 heteroatoms. The molecule has 1 aliphatic carbocycles. The number of aryl methyl sites for hydroxylation is 1. The number of nitrogens with one attached hydrogen (secondary N) is 2. The van der Waals surface area contributed by atoms with E-state index in [0.29, 0.717) is 12.8 Å². The highest BCUT2D eigenvalue weighted by Gasteiger charge is 2.51. The molecule has 2 heterocycles. The Balaban J connectivity index is 1.49. The molecule has 0 radical (unpaired) electrons. The van der Waals surface area contributed by atoms with Crippen LogP contribution >= 0.6 is 0 Å². The second-order valence-electron chi connectivity index (χ2n) is 12.3. The summed E-state index contributed by atoms with van der Waals surface area (Å²) in [6.45, 7) is 6.16. The van der Waals surface area contributed by atoms with Gasteiger partial charge in [-0.25, -0.2) is 13.6 Å². The minimum atomic E-state index is -1.39. The number of anilines is 1. The topological polar surface area (TPSA) is 111 Å². The van der Waals surface area contributed by atoms with Crippen molar-refractivity contribution in [3.63, 3.8) is 0 Å². The second kappa shape index (κ2) is 13.1. The summed E-state index contributed by atoms with van der Waals surface area (Å²) in [5.41, 5.74) is 0.893. The van der Waals surface area contributed by atoms with Crippen LogP contribution in [0.4, 0.5) is 19.3 Å². The summed E-state index contributed by atoms with van der Waals surface area (Å²) in [4.78, 5) is 42.5. The van der Waals surface area contributed by atoms with Crippen LogP contribution in [0.1, 0.15) is 49.8 Å². The van der Waals surface area contributed by atoms with Crippen LogP contribution in [0.25, 0.3) is 0 Å². The fraction of sp³-hybridized carbons (Fsp3) is 0.441. The van der Waals surface area contributed by atoms with Crippen molar-refractivity contribution in [1.82, 2.24) is 15.2 Å². The Morgan fingerprint density at radius 2 is 1.70 bits per heavy atom. The van der Waals surface area contributed by atoms with E-state index in [-0.39, 0.29) is 36.2 Å². The Morgan fingerprint density at radius 3 is 2.35 bits per heavy atom. The van der Waals surface area contributed by atoms with Crippen molar-refractivity contribution in [2.45, 2.75) is 69.6 Å². The standard InChI is InChI=1S/C34H40F2N4O6/c1-19-28(29-24(35)17-22(46-6)18-25(29)36)30(32(42)40(19)26-8-7-13-39(31(26)41)14-15-44-4)38-33(43)37-27-12-9-20-16-21(45-5)10-11-23(20)34(27,2)3/h7-8,10-11,13,16-19,27-28,30H,9,12,14-15H2,1-6H3,(H2,37,38,43)/t19-,27?,28-,30?/m0/s1. The summed E-state index contributed by atoms with van der Waals surface area (Å²) >= 11 is 0. The number of methoxy groups -OCH3 is 3. The third kappa shape index (κ3) is 5.93. The molecule has 0 saturated carbocycles. The van der Waals surface area contributed by atoms with Crippen LogP contribution in [0.2, 0.25) is 0 Å². The number of rotatable bonds is 9. The molecule has 246 valence electrons. The Kier molecular flexibility index (Phi) is 9.39. The van der Waals surface area contributed by atoms with Crippen LogP contribution in [0.5, 0.6) is 11.5 Å². The average molecular weight is 639 g/mol. The van der Waals surface area contributed by atoms with Crippen LogP contribution in [-0.4, -0.2) is 62.6 Å². The second-order valence-corrected chi connectivity index (χ2v) is 12.3. The highest BCUT2D eigenvalue weighted by molar-refractivity contribution is 6.03. The van der Waals surface area contributed by atoms with Crippen LogP contribution in [-0.2, 0) is 27.9 Å². The van der Waals surface area contributed by atoms with Crippen molar-refractivity contribution in [3.8, 4) is 11.5 Å². The van der Waals surface area contributed by atoms with Gasteiger partial charge in [-0.2, -0.15) is 0 Å². The summed E-state index contributed by atoms with van der Waals surface area (Å²) in [6.07, 6.45) is 2.89. The normalized spacial score (nSPS) is 21.9. The molecule has 1 saturated heterocycles. The maximum atomic E-state index is 15.6. The molecule has 2 unspecified atom stereocenters. The lowest BCUT2D eigenvalue weighted by atomic mass is 9.69. The summed E-state index contributed by atoms with van der Waals surface area (Å²) in [5, 5.41) is 5.75. The first-order chi connectivity index (χ1) is 21.9. The van der Waals surface area contributed by atoms with E-state index < -0.39 is 52.5 Å². The van der Waals surface area contributed by atoms with Crippen molar-refractivity contribution in [3.05, 3.63) is 87.3 Å². The molecule has 4 atom stereocenters. The van der Waals surface area contributed by atoms with E-state index in [1.54, 1.807) is 26.3 Å². The minimum absolute atomic E-state index is 0.0283. The van der Waals surface area contributed by atoms with Gasteiger partial charge in [-0.1, -0.05) is 19.9 Å². The summed E-state index contributed by atoms with van der Waals surface area (Å²) in [6, 6.07) is 7.77. The highest BCUT2D eigenvalue weighted by atomic mass is 19.1. The van der Waals surface area contributed by atoms with E-state index in [1.807, 2.05) is 32.0 Å². The molecule has 1 aromatic heterocycles. The van der Waals surface area contributed by atoms with Crippen LogP contribution in [0.3, 0.4) is 0 Å². The number of pyridine rings is 1. The van der Waals surface area contributed by atoms with Gasteiger partial charge in [0.15, 0.2) is 0 Å². The quantitative estimate of drug-likeness (QED) is 0.362. The summed E-state index contributed by atoms with van der Waals surface area (Å²) in [7, 11) is 4.41. The minimum Gasteiger partial charge on any atom is -0.497 e. The van der Waals surface area contributed by atoms with Gasteiger partial charge in [0.05, 0.1) is 20.8 Å². The Bertz CT molecular complexity index is 1670. The van der Waals surface area contributed by atoms with E-state index in [1.165, 1.54) is 29.8 Å². The van der Waals surface area contributed by atoms with Gasteiger partial charge < -0.3 is 34.3 Å². The number of nitrogens with zero attached hydrogens (tertiary/aromatic N) is 2. The Hall–Kier alpha value is -4.45. The molecule has 2 aromatic carbocycles. The van der Waals surface area contributed by atoms with Gasteiger partial charge in [0.2, 0.25) is 0 Å². The molecule has 3 aromatic rings. The third-order valence-corrected chi connectivity index (χ3v) is 9.38. The number of carbonyl (C=O) groups excluding carboxylic acids is 2.